The third kappa shape index (κ3) is 3.97. The minimum atomic E-state index is 0.167. The Morgan fingerprint density at radius 1 is 1.18 bits per heavy atom. The van der Waals surface area contributed by atoms with Crippen molar-refractivity contribution in [2.45, 2.75) is 32.1 Å². The van der Waals surface area contributed by atoms with Crippen molar-refractivity contribution < 1.29 is 0 Å². The number of rotatable bonds is 6. The molecule has 0 nitrogen and oxygen atoms in total. The first-order chi connectivity index (χ1) is 8.07. The number of alkyl halides is 2. The van der Waals surface area contributed by atoms with Crippen molar-refractivity contribution in [2.24, 2.45) is 5.92 Å². The average Bonchev–Trinajstić information content (AvgIpc) is 2.37. The molecule has 0 radical (unpaired) electrons. The van der Waals surface area contributed by atoms with E-state index in [2.05, 4.69) is 57.8 Å². The van der Waals surface area contributed by atoms with Crippen molar-refractivity contribution >= 4 is 43.5 Å². The van der Waals surface area contributed by atoms with Gasteiger partial charge in [0.15, 0.2) is 0 Å². The summed E-state index contributed by atoms with van der Waals surface area (Å²) in [5.41, 5.74) is 1.52. The van der Waals surface area contributed by atoms with Crippen LogP contribution in [0.25, 0.3) is 0 Å². The minimum absolute atomic E-state index is 0.167. The van der Waals surface area contributed by atoms with E-state index in [1.165, 1.54) is 18.4 Å². The van der Waals surface area contributed by atoms with Crippen molar-refractivity contribution in [3.63, 3.8) is 0 Å². The van der Waals surface area contributed by atoms with Crippen molar-refractivity contribution in [1.82, 2.24) is 0 Å². The largest absolute Gasteiger partial charge is 0.0918 e. The first kappa shape index (κ1) is 15.5. The van der Waals surface area contributed by atoms with Crippen LogP contribution in [0.2, 0.25) is 5.02 Å². The van der Waals surface area contributed by atoms with Gasteiger partial charge in [0.1, 0.15) is 0 Å². The van der Waals surface area contributed by atoms with Gasteiger partial charge < -0.3 is 0 Å². The van der Waals surface area contributed by atoms with E-state index in [0.717, 1.165) is 21.6 Å². The van der Waals surface area contributed by atoms with Gasteiger partial charge in [0.2, 0.25) is 0 Å². The highest BCUT2D eigenvalue weighted by molar-refractivity contribution is 9.09. The van der Waals surface area contributed by atoms with Crippen LogP contribution in [-0.4, -0.2) is 10.7 Å². The van der Waals surface area contributed by atoms with Gasteiger partial charge in [0.25, 0.3) is 0 Å². The Morgan fingerprint density at radius 3 is 2.12 bits per heavy atom. The second-order valence-electron chi connectivity index (χ2n) is 4.77. The molecule has 0 heterocycles. The van der Waals surface area contributed by atoms with Gasteiger partial charge in [0.05, 0.1) is 0 Å². The summed E-state index contributed by atoms with van der Waals surface area (Å²) in [6.45, 7) is 4.57. The van der Waals surface area contributed by atoms with Gasteiger partial charge in [0, 0.05) is 21.1 Å². The molecule has 0 amide bonds. The monoisotopic (exact) mass is 380 g/mol. The summed E-state index contributed by atoms with van der Waals surface area (Å²) < 4.78 is 0. The van der Waals surface area contributed by atoms with Gasteiger partial charge in [-0.15, -0.1) is 0 Å². The zero-order valence-corrected chi connectivity index (χ0v) is 14.3. The normalized spacial score (nSPS) is 13.7. The Kier molecular flexibility index (Phi) is 6.54. The molecule has 0 bridgehead atoms. The van der Waals surface area contributed by atoms with Crippen LogP contribution in [0.3, 0.4) is 0 Å². The number of hydrogen-bond acceptors (Lipinski definition) is 0. The molecule has 0 fully saturated rings. The first-order valence-electron chi connectivity index (χ1n) is 5.96. The van der Waals surface area contributed by atoms with Gasteiger partial charge in [-0.3, -0.25) is 0 Å². The third-order valence-electron chi connectivity index (χ3n) is 3.40. The molecule has 96 valence electrons. The zero-order valence-electron chi connectivity index (χ0n) is 10.3. The van der Waals surface area contributed by atoms with Crippen LogP contribution in [0.1, 0.15) is 32.3 Å². The molecule has 0 saturated carbocycles. The highest BCUT2D eigenvalue weighted by atomic mass is 79.9. The van der Waals surface area contributed by atoms with Crippen molar-refractivity contribution in [3.05, 3.63) is 34.9 Å². The van der Waals surface area contributed by atoms with Crippen molar-refractivity contribution in [3.8, 4) is 0 Å². The fraction of sp³-hybridized carbons (Fsp3) is 0.571. The maximum Gasteiger partial charge on any atom is 0.0406 e. The highest BCUT2D eigenvalue weighted by Gasteiger charge is 2.31. The Morgan fingerprint density at radius 2 is 1.71 bits per heavy atom. The van der Waals surface area contributed by atoms with Crippen LogP contribution in [0, 0.1) is 5.92 Å². The lowest BCUT2D eigenvalue weighted by atomic mass is 9.77. The predicted molar refractivity (Wildman–Crippen MR) is 84.8 cm³/mol. The minimum Gasteiger partial charge on any atom is -0.0918 e. The Labute approximate surface area is 126 Å². The maximum absolute atomic E-state index is 5.96. The van der Waals surface area contributed by atoms with Crippen molar-refractivity contribution in [2.75, 3.05) is 10.7 Å². The second-order valence-corrected chi connectivity index (χ2v) is 6.33. The van der Waals surface area contributed by atoms with Gasteiger partial charge in [-0.25, -0.2) is 0 Å². The molecule has 1 atom stereocenters. The molecule has 0 spiro atoms. The predicted octanol–water partition coefficient (Wildman–Crippen LogP) is 5.80. The molecular formula is C14H19Br2Cl. The Bertz CT molecular complexity index is 331. The molecule has 17 heavy (non-hydrogen) atoms. The van der Waals surface area contributed by atoms with E-state index in [4.69, 9.17) is 11.6 Å². The number of hydrogen-bond donors (Lipinski definition) is 0. The highest BCUT2D eigenvalue weighted by Crippen LogP contribution is 2.36. The molecule has 1 aromatic rings. The van der Waals surface area contributed by atoms with E-state index in [1.54, 1.807) is 0 Å². The molecular weight excluding hydrogens is 363 g/mol. The number of benzene rings is 1. The lowest BCUT2D eigenvalue weighted by Crippen LogP contribution is -2.32. The average molecular weight is 383 g/mol. The van der Waals surface area contributed by atoms with E-state index in [1.807, 2.05) is 12.1 Å². The van der Waals surface area contributed by atoms with Gasteiger partial charge in [-0.1, -0.05) is 75.9 Å². The van der Waals surface area contributed by atoms with E-state index < -0.39 is 0 Å². The van der Waals surface area contributed by atoms with Crippen molar-refractivity contribution in [1.29, 1.82) is 0 Å². The second kappa shape index (κ2) is 7.16. The summed E-state index contributed by atoms with van der Waals surface area (Å²) in [6, 6.07) is 8.25. The molecule has 0 aliphatic rings. The van der Waals surface area contributed by atoms with E-state index in [0.29, 0.717) is 0 Å². The molecule has 1 aromatic carbocycles. The summed E-state index contributed by atoms with van der Waals surface area (Å²) in [7, 11) is 0. The van der Waals surface area contributed by atoms with Crippen LogP contribution < -0.4 is 0 Å². The topological polar surface area (TPSA) is 0 Å². The molecule has 0 saturated heterocycles. The zero-order chi connectivity index (χ0) is 12.9. The first-order valence-corrected chi connectivity index (χ1v) is 8.58. The molecule has 0 aromatic heterocycles. The van der Waals surface area contributed by atoms with E-state index in [-0.39, 0.29) is 5.41 Å². The lowest BCUT2D eigenvalue weighted by molar-refractivity contribution is 0.387. The SMILES string of the molecule is CCC(C)CC(CBr)(CBr)c1ccc(Cl)cc1. The molecule has 1 rings (SSSR count). The van der Waals surface area contributed by atoms with E-state index >= 15 is 0 Å². The third-order valence-corrected chi connectivity index (χ3v) is 5.80. The van der Waals surface area contributed by atoms with E-state index in [9.17, 15) is 0 Å². The van der Waals surface area contributed by atoms with Crippen LogP contribution in [0.15, 0.2) is 24.3 Å². The molecule has 0 N–H and O–H groups in total. The summed E-state index contributed by atoms with van der Waals surface area (Å²) in [6.07, 6.45) is 2.40. The standard InChI is InChI=1S/C14H19Br2Cl/c1-3-11(2)8-14(9-15,10-16)12-4-6-13(17)7-5-12/h4-7,11H,3,8-10H2,1-2H3. The quantitative estimate of drug-likeness (QED) is 0.545. The summed E-state index contributed by atoms with van der Waals surface area (Å²) in [4.78, 5) is 0. The summed E-state index contributed by atoms with van der Waals surface area (Å²) in [5.74, 6) is 0.723. The molecule has 0 aliphatic heterocycles. The molecule has 0 aliphatic carbocycles. The van der Waals surface area contributed by atoms with Crippen LogP contribution in [0.5, 0.6) is 0 Å². The van der Waals surface area contributed by atoms with Crippen LogP contribution in [-0.2, 0) is 5.41 Å². The van der Waals surface area contributed by atoms with Gasteiger partial charge >= 0.3 is 0 Å². The number of halogens is 3. The summed E-state index contributed by atoms with van der Waals surface area (Å²) in [5, 5.41) is 2.74. The Hall–Kier alpha value is 0.470. The van der Waals surface area contributed by atoms with Gasteiger partial charge in [-0.2, -0.15) is 0 Å². The lowest BCUT2D eigenvalue weighted by Gasteiger charge is -2.33. The molecule has 1 unspecified atom stereocenters. The summed E-state index contributed by atoms with van der Waals surface area (Å²) >= 11 is 13.3. The fourth-order valence-electron chi connectivity index (χ4n) is 2.03. The fourth-order valence-corrected chi connectivity index (χ4v) is 4.19. The Balaban J connectivity index is 3.01. The molecule has 3 heteroatoms. The maximum atomic E-state index is 5.96. The van der Waals surface area contributed by atoms with Gasteiger partial charge in [-0.05, 0) is 30.0 Å². The van der Waals surface area contributed by atoms with Crippen LogP contribution in [0.4, 0.5) is 0 Å². The smallest absolute Gasteiger partial charge is 0.0406 e. The van der Waals surface area contributed by atoms with Crippen LogP contribution >= 0.6 is 43.5 Å².